The van der Waals surface area contributed by atoms with Crippen molar-refractivity contribution in [3.63, 3.8) is 0 Å². The fourth-order valence-corrected chi connectivity index (χ4v) is 1.47. The minimum atomic E-state index is 1.09. The standard InChI is InChI=1S/C12H17/c1-4-10-7-8-11(5-2)12(6-3)9-10/h7-8H,4-6H2,1-3H3. The molecule has 65 valence electrons. The van der Waals surface area contributed by atoms with Crippen LogP contribution in [0.2, 0.25) is 0 Å². The van der Waals surface area contributed by atoms with E-state index in [1.807, 2.05) is 0 Å². The molecule has 0 N–H and O–H groups in total. The summed E-state index contributed by atoms with van der Waals surface area (Å²) in [5.41, 5.74) is 4.19. The number of benzene rings is 1. The average molecular weight is 161 g/mol. The number of hydrogen-bond acceptors (Lipinski definition) is 0. The van der Waals surface area contributed by atoms with Crippen LogP contribution in [0.25, 0.3) is 0 Å². The first kappa shape index (κ1) is 9.31. The molecule has 0 heteroatoms. The van der Waals surface area contributed by atoms with Crippen molar-refractivity contribution in [1.29, 1.82) is 0 Å². The minimum Gasteiger partial charge on any atom is -0.0613 e. The van der Waals surface area contributed by atoms with Gasteiger partial charge in [0, 0.05) is 0 Å². The molecule has 0 fully saturated rings. The summed E-state index contributed by atoms with van der Waals surface area (Å²) >= 11 is 0. The van der Waals surface area contributed by atoms with E-state index in [-0.39, 0.29) is 0 Å². The van der Waals surface area contributed by atoms with Crippen LogP contribution < -0.4 is 0 Å². The first-order chi connectivity index (χ1) is 5.81. The molecule has 0 bridgehead atoms. The zero-order chi connectivity index (χ0) is 8.97. The second-order valence-electron chi connectivity index (χ2n) is 3.05. The van der Waals surface area contributed by atoms with Crippen LogP contribution in [-0.2, 0) is 19.3 Å². The van der Waals surface area contributed by atoms with Gasteiger partial charge in [0.1, 0.15) is 0 Å². The summed E-state index contributed by atoms with van der Waals surface area (Å²) in [5, 5.41) is 0. The van der Waals surface area contributed by atoms with E-state index in [0.29, 0.717) is 0 Å². The Kier molecular flexibility index (Phi) is 3.33. The first-order valence-electron chi connectivity index (χ1n) is 4.84. The van der Waals surface area contributed by atoms with Gasteiger partial charge in [-0.1, -0.05) is 32.9 Å². The summed E-state index contributed by atoms with van der Waals surface area (Å²) < 4.78 is 0. The molecular formula is C12H17. The smallest absolute Gasteiger partial charge is 0.0112 e. The molecule has 0 spiro atoms. The predicted octanol–water partition coefficient (Wildman–Crippen LogP) is 3.17. The average Bonchev–Trinajstić information content (AvgIpc) is 2.16. The molecule has 0 atom stereocenters. The highest BCUT2D eigenvalue weighted by molar-refractivity contribution is 5.30. The maximum Gasteiger partial charge on any atom is -0.0112 e. The lowest BCUT2D eigenvalue weighted by atomic mass is 9.99. The lowest BCUT2D eigenvalue weighted by Crippen LogP contribution is -1.93. The van der Waals surface area contributed by atoms with Gasteiger partial charge in [0.05, 0.1) is 0 Å². The van der Waals surface area contributed by atoms with E-state index in [1.165, 1.54) is 16.7 Å². The zero-order valence-electron chi connectivity index (χ0n) is 8.28. The Hall–Kier alpha value is -0.780. The van der Waals surface area contributed by atoms with Crippen LogP contribution in [0.4, 0.5) is 0 Å². The van der Waals surface area contributed by atoms with Gasteiger partial charge in [-0.05, 0) is 42.0 Å². The Labute approximate surface area is 75.6 Å². The van der Waals surface area contributed by atoms with Crippen molar-refractivity contribution in [1.82, 2.24) is 0 Å². The Morgan fingerprint density at radius 2 is 1.75 bits per heavy atom. The van der Waals surface area contributed by atoms with Gasteiger partial charge in [-0.15, -0.1) is 0 Å². The largest absolute Gasteiger partial charge is 0.0613 e. The first-order valence-corrected chi connectivity index (χ1v) is 4.84. The van der Waals surface area contributed by atoms with Crippen LogP contribution in [0.15, 0.2) is 12.1 Å². The monoisotopic (exact) mass is 161 g/mol. The normalized spacial score (nSPS) is 10.2. The highest BCUT2D eigenvalue weighted by Gasteiger charge is 1.99. The van der Waals surface area contributed by atoms with Crippen molar-refractivity contribution in [2.45, 2.75) is 40.0 Å². The Morgan fingerprint density at radius 1 is 1.00 bits per heavy atom. The molecule has 0 aliphatic heterocycles. The molecule has 0 saturated carbocycles. The highest BCUT2D eigenvalue weighted by atomic mass is 14.0. The zero-order valence-corrected chi connectivity index (χ0v) is 8.28. The van der Waals surface area contributed by atoms with E-state index < -0.39 is 0 Å². The van der Waals surface area contributed by atoms with Crippen molar-refractivity contribution < 1.29 is 0 Å². The topological polar surface area (TPSA) is 0 Å². The van der Waals surface area contributed by atoms with Crippen LogP contribution >= 0.6 is 0 Å². The summed E-state index contributed by atoms with van der Waals surface area (Å²) in [7, 11) is 0. The number of aryl methyl sites for hydroxylation is 3. The van der Waals surface area contributed by atoms with E-state index in [0.717, 1.165) is 19.3 Å². The fourth-order valence-electron chi connectivity index (χ4n) is 1.47. The molecule has 0 aliphatic rings. The van der Waals surface area contributed by atoms with Gasteiger partial charge in [-0.3, -0.25) is 0 Å². The molecule has 0 heterocycles. The van der Waals surface area contributed by atoms with Crippen LogP contribution in [0.1, 0.15) is 37.5 Å². The van der Waals surface area contributed by atoms with Gasteiger partial charge in [-0.2, -0.15) is 0 Å². The molecular weight excluding hydrogens is 144 g/mol. The number of hydrogen-bond donors (Lipinski definition) is 0. The quantitative estimate of drug-likeness (QED) is 0.638. The van der Waals surface area contributed by atoms with E-state index in [2.05, 4.69) is 39.0 Å². The number of rotatable bonds is 3. The Balaban J connectivity index is 3.02. The van der Waals surface area contributed by atoms with E-state index in [9.17, 15) is 0 Å². The second-order valence-corrected chi connectivity index (χ2v) is 3.05. The van der Waals surface area contributed by atoms with Crippen LogP contribution in [-0.4, -0.2) is 0 Å². The van der Waals surface area contributed by atoms with Gasteiger partial charge in [0.25, 0.3) is 0 Å². The molecule has 0 nitrogen and oxygen atoms in total. The molecule has 0 saturated heterocycles. The molecule has 1 radical (unpaired) electrons. The van der Waals surface area contributed by atoms with Crippen LogP contribution in [0.3, 0.4) is 0 Å². The summed E-state index contributed by atoms with van der Waals surface area (Å²) in [6.45, 7) is 6.58. The summed E-state index contributed by atoms with van der Waals surface area (Å²) in [6, 6.07) is 7.90. The van der Waals surface area contributed by atoms with E-state index >= 15 is 0 Å². The predicted molar refractivity (Wildman–Crippen MR) is 53.4 cm³/mol. The summed E-state index contributed by atoms with van der Waals surface area (Å²) in [6.07, 6.45) is 3.33. The second kappa shape index (κ2) is 4.30. The highest BCUT2D eigenvalue weighted by Crippen LogP contribution is 2.12. The van der Waals surface area contributed by atoms with Crippen molar-refractivity contribution in [2.24, 2.45) is 0 Å². The van der Waals surface area contributed by atoms with Gasteiger partial charge in [-0.25, -0.2) is 0 Å². The molecule has 1 aromatic rings. The minimum absolute atomic E-state index is 1.09. The fraction of sp³-hybridized carbons (Fsp3) is 0.500. The molecule has 1 rings (SSSR count). The lowest BCUT2D eigenvalue weighted by molar-refractivity contribution is 1.01. The Morgan fingerprint density at radius 3 is 2.25 bits per heavy atom. The van der Waals surface area contributed by atoms with Gasteiger partial charge < -0.3 is 0 Å². The van der Waals surface area contributed by atoms with Crippen molar-refractivity contribution in [2.75, 3.05) is 0 Å². The molecule has 12 heavy (non-hydrogen) atoms. The van der Waals surface area contributed by atoms with Crippen molar-refractivity contribution in [3.05, 3.63) is 34.9 Å². The van der Waals surface area contributed by atoms with Crippen LogP contribution in [0.5, 0.6) is 0 Å². The van der Waals surface area contributed by atoms with Gasteiger partial charge in [0.2, 0.25) is 0 Å². The third-order valence-corrected chi connectivity index (χ3v) is 2.30. The van der Waals surface area contributed by atoms with E-state index in [1.54, 1.807) is 0 Å². The third kappa shape index (κ3) is 1.88. The van der Waals surface area contributed by atoms with Gasteiger partial charge >= 0.3 is 0 Å². The maximum absolute atomic E-state index is 3.46. The van der Waals surface area contributed by atoms with E-state index in [4.69, 9.17) is 0 Å². The summed E-state index contributed by atoms with van der Waals surface area (Å²) in [5.74, 6) is 0. The molecule has 0 aromatic heterocycles. The molecule has 1 aromatic carbocycles. The lowest BCUT2D eigenvalue weighted by Gasteiger charge is -2.06. The van der Waals surface area contributed by atoms with Crippen molar-refractivity contribution in [3.8, 4) is 0 Å². The maximum atomic E-state index is 3.46. The van der Waals surface area contributed by atoms with Crippen molar-refractivity contribution >= 4 is 0 Å². The SMILES string of the molecule is CCc1[c]c(CC)c(CC)cc1. The molecule has 0 aliphatic carbocycles. The molecule has 0 unspecified atom stereocenters. The molecule has 0 amide bonds. The third-order valence-electron chi connectivity index (χ3n) is 2.30. The van der Waals surface area contributed by atoms with Crippen LogP contribution in [0, 0.1) is 6.07 Å². The summed E-state index contributed by atoms with van der Waals surface area (Å²) in [4.78, 5) is 0. The van der Waals surface area contributed by atoms with Gasteiger partial charge in [0.15, 0.2) is 0 Å². The Bertz CT molecular complexity index is 248.